The lowest BCUT2D eigenvalue weighted by atomic mass is 10.0. The number of imide groups is 1. The molecule has 3 aromatic rings. The van der Waals surface area contributed by atoms with E-state index in [9.17, 15) is 14.4 Å². The second kappa shape index (κ2) is 7.34. The molecule has 0 unspecified atom stereocenters. The summed E-state index contributed by atoms with van der Waals surface area (Å²) in [6, 6.07) is 13.6. The number of aromatic nitrogens is 1. The number of nitrogens with zero attached hydrogens (tertiary/aromatic N) is 2. The van der Waals surface area contributed by atoms with Crippen molar-refractivity contribution in [3.8, 4) is 0 Å². The maximum Gasteiger partial charge on any atom is 0.293 e. The fourth-order valence-electron chi connectivity index (χ4n) is 2.78. The van der Waals surface area contributed by atoms with Crippen molar-refractivity contribution < 1.29 is 14.4 Å². The van der Waals surface area contributed by atoms with Crippen molar-refractivity contribution in [3.05, 3.63) is 70.6 Å². The molecule has 1 aromatic heterocycles. The van der Waals surface area contributed by atoms with Crippen molar-refractivity contribution in [1.82, 2.24) is 9.88 Å². The molecule has 0 aliphatic carbocycles. The Balaban J connectivity index is 1.54. The van der Waals surface area contributed by atoms with Crippen LogP contribution in [0.1, 0.15) is 5.56 Å². The number of carbonyl (C=O) groups excluding carboxylic acids is 3. The highest BCUT2D eigenvalue weighted by molar-refractivity contribution is 8.18. The van der Waals surface area contributed by atoms with E-state index in [1.807, 2.05) is 42.5 Å². The Hall–Kier alpha value is -2.97. The molecule has 0 radical (unpaired) electrons. The molecule has 1 N–H and O–H groups in total. The number of thiazole rings is 1. The third-order valence-electron chi connectivity index (χ3n) is 4.01. The van der Waals surface area contributed by atoms with Crippen LogP contribution in [-0.4, -0.2) is 26.9 Å². The van der Waals surface area contributed by atoms with Crippen LogP contribution >= 0.6 is 23.1 Å². The van der Waals surface area contributed by atoms with E-state index >= 15 is 0 Å². The number of anilines is 1. The number of thioether (sulfide) groups is 1. The largest absolute Gasteiger partial charge is 0.298 e. The molecule has 6 nitrogen and oxygen atoms in total. The minimum atomic E-state index is -0.486. The summed E-state index contributed by atoms with van der Waals surface area (Å²) in [6.45, 7) is 0.164. The Bertz CT molecular complexity index is 1070. The molecule has 134 valence electrons. The molecule has 1 fully saturated rings. The van der Waals surface area contributed by atoms with Crippen molar-refractivity contribution in [2.24, 2.45) is 0 Å². The highest BCUT2D eigenvalue weighted by atomic mass is 32.2. The van der Waals surface area contributed by atoms with Crippen molar-refractivity contribution in [2.45, 2.75) is 6.54 Å². The van der Waals surface area contributed by atoms with Gasteiger partial charge in [-0.05, 0) is 28.1 Å². The summed E-state index contributed by atoms with van der Waals surface area (Å²) >= 11 is 2.04. The van der Waals surface area contributed by atoms with E-state index in [-0.39, 0.29) is 16.7 Å². The molecule has 2 heterocycles. The normalized spacial score (nSPS) is 15.7. The second-order valence-corrected chi connectivity index (χ2v) is 7.62. The molecule has 2 aromatic carbocycles. The molecule has 0 saturated carbocycles. The van der Waals surface area contributed by atoms with Gasteiger partial charge in [0.05, 0.1) is 11.4 Å². The van der Waals surface area contributed by atoms with Gasteiger partial charge in [0, 0.05) is 17.7 Å². The molecule has 1 aliphatic heterocycles. The van der Waals surface area contributed by atoms with Crippen LogP contribution in [0.4, 0.5) is 9.93 Å². The standard InChI is InChI=1S/C19H13N3O3S2/c23-16(21-18-20-8-9-26-18)10-15-17(24)22(19(25)27-15)11-13-6-3-5-12-4-1-2-7-14(12)13/h1-10H,11H2,(H,20,21,23). The van der Waals surface area contributed by atoms with Gasteiger partial charge in [0.1, 0.15) is 0 Å². The van der Waals surface area contributed by atoms with E-state index in [1.54, 1.807) is 11.6 Å². The lowest BCUT2D eigenvalue weighted by Gasteiger charge is -2.14. The van der Waals surface area contributed by atoms with Crippen LogP contribution in [0.3, 0.4) is 0 Å². The van der Waals surface area contributed by atoms with E-state index in [0.29, 0.717) is 5.13 Å². The van der Waals surface area contributed by atoms with Crippen LogP contribution in [0, 0.1) is 0 Å². The van der Waals surface area contributed by atoms with Gasteiger partial charge in [-0.15, -0.1) is 11.3 Å². The predicted octanol–water partition coefficient (Wildman–Crippen LogP) is 4.01. The summed E-state index contributed by atoms with van der Waals surface area (Å²) in [4.78, 5) is 42.2. The Morgan fingerprint density at radius 2 is 1.96 bits per heavy atom. The van der Waals surface area contributed by atoms with E-state index in [2.05, 4.69) is 10.3 Å². The summed E-state index contributed by atoms with van der Waals surface area (Å²) in [6.07, 6.45) is 2.72. The summed E-state index contributed by atoms with van der Waals surface area (Å²) in [5.74, 6) is -0.951. The number of hydrogen-bond acceptors (Lipinski definition) is 6. The number of nitrogens with one attached hydrogen (secondary N) is 1. The maximum atomic E-state index is 12.6. The lowest BCUT2D eigenvalue weighted by Crippen LogP contribution is -2.27. The van der Waals surface area contributed by atoms with Crippen LogP contribution in [0.15, 0.2) is 65.0 Å². The van der Waals surface area contributed by atoms with Crippen molar-refractivity contribution in [3.63, 3.8) is 0 Å². The minimum absolute atomic E-state index is 0.106. The average molecular weight is 395 g/mol. The Morgan fingerprint density at radius 1 is 1.15 bits per heavy atom. The van der Waals surface area contributed by atoms with E-state index in [4.69, 9.17) is 0 Å². The third kappa shape index (κ3) is 3.62. The molecule has 4 rings (SSSR count). The fraction of sp³-hybridized carbons (Fsp3) is 0.0526. The smallest absolute Gasteiger partial charge is 0.293 e. The zero-order valence-electron chi connectivity index (χ0n) is 13.9. The van der Waals surface area contributed by atoms with E-state index in [1.165, 1.54) is 11.3 Å². The number of rotatable bonds is 4. The van der Waals surface area contributed by atoms with E-state index in [0.717, 1.165) is 39.1 Å². The van der Waals surface area contributed by atoms with Gasteiger partial charge in [0.25, 0.3) is 17.1 Å². The first-order valence-electron chi connectivity index (χ1n) is 8.04. The maximum absolute atomic E-state index is 12.6. The second-order valence-electron chi connectivity index (χ2n) is 5.73. The lowest BCUT2D eigenvalue weighted by molar-refractivity contribution is -0.123. The summed E-state index contributed by atoms with van der Waals surface area (Å²) < 4.78 is 0. The summed E-state index contributed by atoms with van der Waals surface area (Å²) in [5, 5.41) is 6.38. The van der Waals surface area contributed by atoms with Crippen LogP contribution in [0.2, 0.25) is 0 Å². The molecule has 0 bridgehead atoms. The first-order chi connectivity index (χ1) is 13.1. The number of amides is 3. The van der Waals surface area contributed by atoms with Gasteiger partial charge < -0.3 is 0 Å². The molecule has 1 aliphatic rings. The SMILES string of the molecule is O=C(C=C1SC(=O)N(Cc2cccc3ccccc23)C1=O)Nc1nccs1. The van der Waals surface area contributed by atoms with Gasteiger partial charge in [-0.25, -0.2) is 4.98 Å². The van der Waals surface area contributed by atoms with Crippen LogP contribution in [0.25, 0.3) is 10.8 Å². The third-order valence-corrected chi connectivity index (χ3v) is 5.60. The van der Waals surface area contributed by atoms with Crippen LogP contribution in [-0.2, 0) is 16.1 Å². The van der Waals surface area contributed by atoms with Crippen LogP contribution in [0.5, 0.6) is 0 Å². The highest BCUT2D eigenvalue weighted by Crippen LogP contribution is 2.33. The summed E-state index contributed by atoms with van der Waals surface area (Å²) in [5.41, 5.74) is 0.879. The van der Waals surface area contributed by atoms with Crippen molar-refractivity contribution in [2.75, 3.05) is 5.32 Å². The first kappa shape index (κ1) is 17.4. The fourth-order valence-corrected chi connectivity index (χ4v) is 4.12. The minimum Gasteiger partial charge on any atom is -0.298 e. The van der Waals surface area contributed by atoms with Gasteiger partial charge in [-0.3, -0.25) is 24.6 Å². The van der Waals surface area contributed by atoms with Gasteiger partial charge in [0.15, 0.2) is 5.13 Å². The number of benzene rings is 2. The Labute approximate surface area is 162 Å². The molecular formula is C19H13N3O3S2. The predicted molar refractivity (Wildman–Crippen MR) is 106 cm³/mol. The van der Waals surface area contributed by atoms with E-state index < -0.39 is 11.8 Å². The van der Waals surface area contributed by atoms with Gasteiger partial charge in [-0.1, -0.05) is 42.5 Å². The molecular weight excluding hydrogens is 382 g/mol. The molecule has 8 heteroatoms. The number of hydrogen-bond donors (Lipinski definition) is 1. The molecule has 0 spiro atoms. The number of carbonyl (C=O) groups is 3. The zero-order chi connectivity index (χ0) is 18.8. The topological polar surface area (TPSA) is 79.4 Å². The van der Waals surface area contributed by atoms with Crippen molar-refractivity contribution in [1.29, 1.82) is 0 Å². The first-order valence-corrected chi connectivity index (χ1v) is 9.74. The Morgan fingerprint density at radius 3 is 2.78 bits per heavy atom. The molecule has 3 amide bonds. The molecule has 1 saturated heterocycles. The van der Waals surface area contributed by atoms with Crippen LogP contribution < -0.4 is 5.32 Å². The monoisotopic (exact) mass is 395 g/mol. The van der Waals surface area contributed by atoms with Crippen molar-refractivity contribution >= 4 is 56.1 Å². The highest BCUT2D eigenvalue weighted by Gasteiger charge is 2.35. The molecule has 0 atom stereocenters. The Kier molecular flexibility index (Phi) is 4.74. The van der Waals surface area contributed by atoms with Gasteiger partial charge in [0.2, 0.25) is 0 Å². The summed E-state index contributed by atoms with van der Waals surface area (Å²) in [7, 11) is 0. The number of fused-ring (bicyclic) bond motifs is 1. The quantitative estimate of drug-likeness (QED) is 0.675. The average Bonchev–Trinajstić information content (AvgIpc) is 3.26. The zero-order valence-corrected chi connectivity index (χ0v) is 15.5. The molecule has 27 heavy (non-hydrogen) atoms. The van der Waals surface area contributed by atoms with Gasteiger partial charge >= 0.3 is 0 Å². The van der Waals surface area contributed by atoms with Gasteiger partial charge in [-0.2, -0.15) is 0 Å².